The van der Waals surface area contributed by atoms with E-state index in [4.69, 9.17) is 11.6 Å². The highest BCUT2D eigenvalue weighted by Crippen LogP contribution is 2.17. The molecule has 0 spiro atoms. The van der Waals surface area contributed by atoms with E-state index in [0.717, 1.165) is 10.3 Å². The van der Waals surface area contributed by atoms with Crippen molar-refractivity contribution in [2.24, 2.45) is 0 Å². The number of amides is 1. The first-order valence-corrected chi connectivity index (χ1v) is 7.00. The summed E-state index contributed by atoms with van der Waals surface area (Å²) >= 11 is 9.19. The molecule has 0 radical (unpaired) electrons. The standard InChI is InChI=1S/C14H9BrClN3O/c15-12-7-17-13-6-1-9(8-19(12)13)14(20)18-11-4-2-10(16)3-5-11/h1-8H,(H,18,20). The minimum Gasteiger partial charge on any atom is -0.322 e. The van der Waals surface area contributed by atoms with Crippen LogP contribution in [-0.2, 0) is 0 Å². The molecule has 0 saturated carbocycles. The first-order chi connectivity index (χ1) is 9.63. The summed E-state index contributed by atoms with van der Waals surface area (Å²) in [5.74, 6) is -0.185. The monoisotopic (exact) mass is 349 g/mol. The average Bonchev–Trinajstić information content (AvgIpc) is 2.82. The van der Waals surface area contributed by atoms with Gasteiger partial charge in [-0.05, 0) is 52.3 Å². The van der Waals surface area contributed by atoms with Gasteiger partial charge in [-0.25, -0.2) is 4.98 Å². The molecule has 1 aromatic carbocycles. The molecule has 0 unspecified atom stereocenters. The molecule has 6 heteroatoms. The Hall–Kier alpha value is -1.85. The van der Waals surface area contributed by atoms with Crippen molar-refractivity contribution in [3.05, 3.63) is 64.0 Å². The van der Waals surface area contributed by atoms with E-state index >= 15 is 0 Å². The highest BCUT2D eigenvalue weighted by molar-refractivity contribution is 9.10. The zero-order chi connectivity index (χ0) is 14.1. The maximum Gasteiger partial charge on any atom is 0.257 e. The minimum atomic E-state index is -0.185. The number of pyridine rings is 1. The average molecular weight is 351 g/mol. The van der Waals surface area contributed by atoms with Crippen molar-refractivity contribution < 1.29 is 4.79 Å². The molecule has 2 aromatic heterocycles. The summed E-state index contributed by atoms with van der Waals surface area (Å²) in [6.07, 6.45) is 3.42. The molecule has 1 N–H and O–H groups in total. The molecule has 0 aliphatic heterocycles. The van der Waals surface area contributed by atoms with Crippen LogP contribution in [0.4, 0.5) is 5.69 Å². The fourth-order valence-corrected chi connectivity index (χ4v) is 2.33. The SMILES string of the molecule is O=C(Nc1ccc(Cl)cc1)c1ccc2ncc(Br)n2c1. The van der Waals surface area contributed by atoms with Crippen LogP contribution in [-0.4, -0.2) is 15.3 Å². The number of imidazole rings is 1. The number of nitrogens with one attached hydrogen (secondary N) is 1. The van der Waals surface area contributed by atoms with Crippen molar-refractivity contribution in [3.8, 4) is 0 Å². The van der Waals surface area contributed by atoms with Crippen LogP contribution in [0.3, 0.4) is 0 Å². The Morgan fingerprint density at radius 1 is 1.20 bits per heavy atom. The number of halogens is 2. The molecule has 0 saturated heterocycles. The zero-order valence-electron chi connectivity index (χ0n) is 10.2. The second kappa shape index (κ2) is 5.26. The van der Waals surface area contributed by atoms with Crippen molar-refractivity contribution in [2.75, 3.05) is 5.32 Å². The Morgan fingerprint density at radius 3 is 2.70 bits per heavy atom. The van der Waals surface area contributed by atoms with Crippen molar-refractivity contribution >= 4 is 44.8 Å². The van der Waals surface area contributed by atoms with Gasteiger partial charge in [0, 0.05) is 16.9 Å². The summed E-state index contributed by atoms with van der Waals surface area (Å²) in [6, 6.07) is 10.5. The smallest absolute Gasteiger partial charge is 0.257 e. The van der Waals surface area contributed by atoms with Crippen LogP contribution in [0, 0.1) is 0 Å². The Morgan fingerprint density at radius 2 is 1.95 bits per heavy atom. The van der Waals surface area contributed by atoms with Gasteiger partial charge in [0.1, 0.15) is 10.3 Å². The second-order valence-electron chi connectivity index (χ2n) is 4.19. The lowest BCUT2D eigenvalue weighted by Crippen LogP contribution is -2.12. The van der Waals surface area contributed by atoms with Crippen molar-refractivity contribution in [3.63, 3.8) is 0 Å². The van der Waals surface area contributed by atoms with Gasteiger partial charge in [0.2, 0.25) is 0 Å². The molecule has 1 amide bonds. The van der Waals surface area contributed by atoms with Gasteiger partial charge in [-0.15, -0.1) is 0 Å². The van der Waals surface area contributed by atoms with Crippen LogP contribution in [0.1, 0.15) is 10.4 Å². The summed E-state index contributed by atoms with van der Waals surface area (Å²) in [5, 5.41) is 3.45. The predicted molar refractivity (Wildman–Crippen MR) is 82.3 cm³/mol. The van der Waals surface area contributed by atoms with E-state index in [1.807, 2.05) is 0 Å². The lowest BCUT2D eigenvalue weighted by molar-refractivity contribution is 0.102. The number of benzene rings is 1. The fourth-order valence-electron chi connectivity index (χ4n) is 1.82. The van der Waals surface area contributed by atoms with Crippen LogP contribution in [0.5, 0.6) is 0 Å². The number of carbonyl (C=O) groups excluding carboxylic acids is 1. The lowest BCUT2D eigenvalue weighted by atomic mass is 10.2. The third kappa shape index (κ3) is 2.55. The molecule has 0 aliphatic carbocycles. The van der Waals surface area contributed by atoms with Crippen LogP contribution >= 0.6 is 27.5 Å². The molecule has 0 bridgehead atoms. The van der Waals surface area contributed by atoms with Gasteiger partial charge in [-0.3, -0.25) is 9.20 Å². The molecule has 4 nitrogen and oxygen atoms in total. The summed E-state index contributed by atoms with van der Waals surface area (Å²) in [7, 11) is 0. The molecule has 0 aliphatic rings. The van der Waals surface area contributed by atoms with Gasteiger partial charge in [-0.2, -0.15) is 0 Å². The Bertz CT molecular complexity index is 783. The third-order valence-electron chi connectivity index (χ3n) is 2.82. The van der Waals surface area contributed by atoms with Crippen molar-refractivity contribution in [1.29, 1.82) is 0 Å². The number of aromatic nitrogens is 2. The van der Waals surface area contributed by atoms with Gasteiger partial charge in [-0.1, -0.05) is 11.6 Å². The van der Waals surface area contributed by atoms with Gasteiger partial charge in [0.25, 0.3) is 5.91 Å². The summed E-state index contributed by atoms with van der Waals surface area (Å²) in [4.78, 5) is 16.4. The molecule has 0 fully saturated rings. The number of rotatable bonds is 2. The molecule has 2 heterocycles. The first kappa shape index (κ1) is 13.1. The third-order valence-corrected chi connectivity index (χ3v) is 3.66. The van der Waals surface area contributed by atoms with Crippen molar-refractivity contribution in [1.82, 2.24) is 9.38 Å². The van der Waals surface area contributed by atoms with Crippen molar-refractivity contribution in [2.45, 2.75) is 0 Å². The minimum absolute atomic E-state index is 0.185. The van der Waals surface area contributed by atoms with Gasteiger partial charge < -0.3 is 5.32 Å². The number of nitrogens with zero attached hydrogens (tertiary/aromatic N) is 2. The lowest BCUT2D eigenvalue weighted by Gasteiger charge is -2.06. The normalized spacial score (nSPS) is 10.7. The van der Waals surface area contributed by atoms with Gasteiger partial charge in [0.15, 0.2) is 0 Å². The molecule has 3 rings (SSSR count). The molecule has 3 aromatic rings. The van der Waals surface area contributed by atoms with Crippen LogP contribution in [0.2, 0.25) is 5.02 Å². The van der Waals surface area contributed by atoms with E-state index < -0.39 is 0 Å². The summed E-state index contributed by atoms with van der Waals surface area (Å²) < 4.78 is 2.60. The number of hydrogen-bond donors (Lipinski definition) is 1. The topological polar surface area (TPSA) is 46.4 Å². The second-order valence-corrected chi connectivity index (χ2v) is 5.44. The molecule has 100 valence electrons. The quantitative estimate of drug-likeness (QED) is 0.759. The molecular weight excluding hydrogens is 342 g/mol. The van der Waals surface area contributed by atoms with E-state index in [-0.39, 0.29) is 5.91 Å². The van der Waals surface area contributed by atoms with Crippen LogP contribution in [0.15, 0.2) is 53.4 Å². The molecular formula is C14H9BrClN3O. The Balaban J connectivity index is 1.88. The number of carbonyl (C=O) groups is 1. The molecule has 20 heavy (non-hydrogen) atoms. The summed E-state index contributed by atoms with van der Waals surface area (Å²) in [5.41, 5.74) is 2.02. The largest absolute Gasteiger partial charge is 0.322 e. The number of fused-ring (bicyclic) bond motifs is 1. The van der Waals surface area contributed by atoms with E-state index in [1.165, 1.54) is 0 Å². The fraction of sp³-hybridized carbons (Fsp3) is 0. The van der Waals surface area contributed by atoms with Crippen LogP contribution in [0.25, 0.3) is 5.65 Å². The molecule has 0 atom stereocenters. The van der Waals surface area contributed by atoms with E-state index in [9.17, 15) is 4.79 Å². The first-order valence-electron chi connectivity index (χ1n) is 5.83. The Labute approximate surface area is 128 Å². The van der Waals surface area contributed by atoms with Crippen LogP contribution < -0.4 is 5.32 Å². The van der Waals surface area contributed by atoms with E-state index in [2.05, 4.69) is 26.2 Å². The maximum atomic E-state index is 12.2. The van der Waals surface area contributed by atoms with E-state index in [1.54, 1.807) is 53.2 Å². The number of anilines is 1. The van der Waals surface area contributed by atoms with Gasteiger partial charge in [0.05, 0.1) is 11.8 Å². The Kier molecular flexibility index (Phi) is 3.46. The predicted octanol–water partition coefficient (Wildman–Crippen LogP) is 4.00. The maximum absolute atomic E-state index is 12.2. The van der Waals surface area contributed by atoms with E-state index in [0.29, 0.717) is 16.3 Å². The highest BCUT2D eigenvalue weighted by Gasteiger charge is 2.08. The highest BCUT2D eigenvalue weighted by atomic mass is 79.9. The number of hydrogen-bond acceptors (Lipinski definition) is 2. The summed E-state index contributed by atoms with van der Waals surface area (Å²) in [6.45, 7) is 0. The van der Waals surface area contributed by atoms with Gasteiger partial charge >= 0.3 is 0 Å². The zero-order valence-corrected chi connectivity index (χ0v) is 12.5.